The Hall–Kier alpha value is -3.39. The van der Waals surface area contributed by atoms with Crippen molar-refractivity contribution in [2.75, 3.05) is 13.2 Å². The fraction of sp³-hybridized carbons (Fsp3) is 0.444. The number of alkyl carbamates (subject to hydrolysis) is 1. The molecule has 1 heterocycles. The number of carbonyl (C=O) groups excluding carboxylic acids is 2. The van der Waals surface area contributed by atoms with Crippen LogP contribution >= 0.6 is 0 Å². The molecule has 1 fully saturated rings. The zero-order valence-corrected chi connectivity index (χ0v) is 20.0. The first-order valence-corrected chi connectivity index (χ1v) is 12.1. The van der Waals surface area contributed by atoms with E-state index in [1.807, 2.05) is 50.2 Å². The van der Waals surface area contributed by atoms with Gasteiger partial charge in [0, 0.05) is 12.5 Å². The molecule has 4 rings (SSSR count). The molecule has 8 nitrogen and oxygen atoms in total. The molecule has 2 aromatic carbocycles. The quantitative estimate of drug-likeness (QED) is 0.504. The molecule has 2 amide bonds. The molecule has 1 aliphatic carbocycles. The molecule has 35 heavy (non-hydrogen) atoms. The SMILES string of the molecule is CCC(C)CC(NC(=O)OCC1c2ccccc2-c2ccccc21)C(=O)NC1CCOC1C(=O)O. The Morgan fingerprint density at radius 1 is 1.09 bits per heavy atom. The van der Waals surface area contributed by atoms with E-state index in [1.54, 1.807) is 0 Å². The van der Waals surface area contributed by atoms with E-state index in [2.05, 4.69) is 22.8 Å². The topological polar surface area (TPSA) is 114 Å². The molecule has 2 aromatic rings. The molecule has 4 atom stereocenters. The normalized spacial score (nSPS) is 20.4. The minimum Gasteiger partial charge on any atom is -0.479 e. The van der Waals surface area contributed by atoms with Gasteiger partial charge in [0.1, 0.15) is 12.6 Å². The molecule has 4 unspecified atom stereocenters. The second-order valence-electron chi connectivity index (χ2n) is 9.30. The van der Waals surface area contributed by atoms with Crippen molar-refractivity contribution in [1.82, 2.24) is 10.6 Å². The smallest absolute Gasteiger partial charge is 0.407 e. The number of rotatable bonds is 9. The lowest BCUT2D eigenvalue weighted by Gasteiger charge is -2.24. The number of carboxylic acids is 1. The predicted molar refractivity (Wildman–Crippen MR) is 130 cm³/mol. The Morgan fingerprint density at radius 2 is 1.71 bits per heavy atom. The van der Waals surface area contributed by atoms with Crippen molar-refractivity contribution in [2.24, 2.45) is 5.92 Å². The molecule has 1 aliphatic heterocycles. The standard InChI is InChI=1S/C27H32N2O6/c1-3-16(2)14-23(25(30)28-22-12-13-34-24(22)26(31)32)29-27(33)35-15-21-19-10-6-4-8-17(19)18-9-5-7-11-20(18)21/h4-11,16,21-24H,3,12-15H2,1-2H3,(H,28,30)(H,29,33)(H,31,32). The average Bonchev–Trinajstić information content (AvgIpc) is 3.45. The highest BCUT2D eigenvalue weighted by molar-refractivity contribution is 5.87. The summed E-state index contributed by atoms with van der Waals surface area (Å²) in [5.74, 6) is -1.45. The van der Waals surface area contributed by atoms with Crippen LogP contribution in [0.5, 0.6) is 0 Å². The summed E-state index contributed by atoms with van der Waals surface area (Å²) in [7, 11) is 0. The lowest BCUT2D eigenvalue weighted by molar-refractivity contribution is -0.148. The van der Waals surface area contributed by atoms with Gasteiger partial charge < -0.3 is 25.2 Å². The highest BCUT2D eigenvalue weighted by Crippen LogP contribution is 2.44. The summed E-state index contributed by atoms with van der Waals surface area (Å²) >= 11 is 0. The zero-order chi connectivity index (χ0) is 24.9. The lowest BCUT2D eigenvalue weighted by atomic mass is 9.98. The molecule has 0 saturated carbocycles. The zero-order valence-electron chi connectivity index (χ0n) is 20.0. The molecule has 0 bridgehead atoms. The number of benzene rings is 2. The van der Waals surface area contributed by atoms with Crippen molar-refractivity contribution in [3.63, 3.8) is 0 Å². The highest BCUT2D eigenvalue weighted by Gasteiger charge is 2.37. The van der Waals surface area contributed by atoms with Gasteiger partial charge in [-0.25, -0.2) is 9.59 Å². The Morgan fingerprint density at radius 3 is 2.31 bits per heavy atom. The summed E-state index contributed by atoms with van der Waals surface area (Å²) in [5.41, 5.74) is 4.49. The number of ether oxygens (including phenoxy) is 2. The van der Waals surface area contributed by atoms with E-state index in [1.165, 1.54) is 0 Å². The van der Waals surface area contributed by atoms with Gasteiger partial charge in [-0.15, -0.1) is 0 Å². The van der Waals surface area contributed by atoms with Gasteiger partial charge in [-0.2, -0.15) is 0 Å². The van der Waals surface area contributed by atoms with Gasteiger partial charge in [0.15, 0.2) is 6.10 Å². The van der Waals surface area contributed by atoms with Crippen LogP contribution < -0.4 is 10.6 Å². The van der Waals surface area contributed by atoms with Crippen LogP contribution in [0.4, 0.5) is 4.79 Å². The summed E-state index contributed by atoms with van der Waals surface area (Å²) < 4.78 is 10.8. The fourth-order valence-electron chi connectivity index (χ4n) is 4.85. The number of nitrogens with one attached hydrogen (secondary N) is 2. The van der Waals surface area contributed by atoms with Crippen molar-refractivity contribution in [1.29, 1.82) is 0 Å². The first-order chi connectivity index (χ1) is 16.9. The Kier molecular flexibility index (Phi) is 7.70. The van der Waals surface area contributed by atoms with Crippen LogP contribution in [0.1, 0.15) is 50.2 Å². The number of aliphatic carboxylic acids is 1. The van der Waals surface area contributed by atoms with Gasteiger partial charge in [-0.1, -0.05) is 68.8 Å². The predicted octanol–water partition coefficient (Wildman–Crippen LogP) is 3.69. The van der Waals surface area contributed by atoms with Crippen LogP contribution in [0.2, 0.25) is 0 Å². The number of hydrogen-bond acceptors (Lipinski definition) is 5. The lowest BCUT2D eigenvalue weighted by Crippen LogP contribution is -2.53. The molecule has 1 saturated heterocycles. The van der Waals surface area contributed by atoms with E-state index >= 15 is 0 Å². The summed E-state index contributed by atoms with van der Waals surface area (Å²) in [4.78, 5) is 37.2. The van der Waals surface area contributed by atoms with E-state index in [4.69, 9.17) is 9.47 Å². The summed E-state index contributed by atoms with van der Waals surface area (Å²) in [6.45, 7) is 4.42. The number of carboxylic acid groups (broad SMARTS) is 1. The van der Waals surface area contributed by atoms with Crippen LogP contribution in [-0.2, 0) is 19.1 Å². The third kappa shape index (κ3) is 5.48. The molecule has 0 aromatic heterocycles. The monoisotopic (exact) mass is 480 g/mol. The molecular weight excluding hydrogens is 448 g/mol. The van der Waals surface area contributed by atoms with Crippen LogP contribution in [0.3, 0.4) is 0 Å². The van der Waals surface area contributed by atoms with Crippen molar-refractivity contribution in [3.05, 3.63) is 59.7 Å². The van der Waals surface area contributed by atoms with E-state index in [-0.39, 0.29) is 25.0 Å². The summed E-state index contributed by atoms with van der Waals surface area (Å²) in [6.07, 6.45) is -0.104. The maximum absolute atomic E-state index is 13.0. The first kappa shape index (κ1) is 24.7. The number of fused-ring (bicyclic) bond motifs is 3. The van der Waals surface area contributed by atoms with Gasteiger partial charge in [0.05, 0.1) is 6.04 Å². The third-order valence-electron chi connectivity index (χ3n) is 6.95. The average molecular weight is 481 g/mol. The van der Waals surface area contributed by atoms with Crippen LogP contribution in [0.25, 0.3) is 11.1 Å². The number of amides is 2. The van der Waals surface area contributed by atoms with Crippen LogP contribution in [-0.4, -0.2) is 54.5 Å². The minimum atomic E-state index is -1.12. The van der Waals surface area contributed by atoms with Gasteiger partial charge in [-0.05, 0) is 41.0 Å². The molecule has 0 spiro atoms. The molecule has 186 valence electrons. The van der Waals surface area contributed by atoms with Gasteiger partial charge in [0.2, 0.25) is 5.91 Å². The largest absolute Gasteiger partial charge is 0.479 e. The second kappa shape index (κ2) is 10.9. The van der Waals surface area contributed by atoms with Gasteiger partial charge >= 0.3 is 12.1 Å². The fourth-order valence-corrected chi connectivity index (χ4v) is 4.85. The Balaban J connectivity index is 1.41. The van der Waals surface area contributed by atoms with Crippen molar-refractivity contribution in [3.8, 4) is 11.1 Å². The van der Waals surface area contributed by atoms with E-state index in [0.29, 0.717) is 12.8 Å². The maximum Gasteiger partial charge on any atom is 0.407 e. The van der Waals surface area contributed by atoms with Crippen molar-refractivity contribution in [2.45, 2.75) is 57.2 Å². The molecular formula is C27H32N2O6. The van der Waals surface area contributed by atoms with E-state index in [0.717, 1.165) is 28.7 Å². The second-order valence-corrected chi connectivity index (χ2v) is 9.30. The summed E-state index contributed by atoms with van der Waals surface area (Å²) in [6, 6.07) is 14.7. The van der Waals surface area contributed by atoms with Crippen LogP contribution in [0.15, 0.2) is 48.5 Å². The van der Waals surface area contributed by atoms with Crippen molar-refractivity contribution >= 4 is 18.0 Å². The van der Waals surface area contributed by atoms with E-state index in [9.17, 15) is 19.5 Å². The molecule has 8 heteroatoms. The maximum atomic E-state index is 13.0. The molecule has 0 radical (unpaired) electrons. The molecule has 2 aliphatic rings. The number of hydrogen-bond donors (Lipinski definition) is 3. The van der Waals surface area contributed by atoms with Crippen LogP contribution in [0, 0.1) is 5.92 Å². The van der Waals surface area contributed by atoms with Gasteiger partial charge in [-0.3, -0.25) is 4.79 Å². The number of carbonyl (C=O) groups is 3. The first-order valence-electron chi connectivity index (χ1n) is 12.1. The highest BCUT2D eigenvalue weighted by atomic mass is 16.5. The third-order valence-corrected chi connectivity index (χ3v) is 6.95. The van der Waals surface area contributed by atoms with Crippen molar-refractivity contribution < 1.29 is 29.0 Å². The Bertz CT molecular complexity index is 1040. The summed E-state index contributed by atoms with van der Waals surface area (Å²) in [5, 5.41) is 14.8. The Labute approximate surface area is 205 Å². The molecule has 3 N–H and O–H groups in total. The van der Waals surface area contributed by atoms with E-state index < -0.39 is 36.2 Å². The minimum absolute atomic E-state index is 0.0815. The van der Waals surface area contributed by atoms with Gasteiger partial charge in [0.25, 0.3) is 0 Å².